The second-order valence-electron chi connectivity index (χ2n) is 3.05. The van der Waals surface area contributed by atoms with Crippen molar-refractivity contribution in [1.82, 2.24) is 9.78 Å². The number of rotatable bonds is 1. The summed E-state index contributed by atoms with van der Waals surface area (Å²) in [6.45, 7) is 0. The molecule has 1 heterocycles. The lowest BCUT2D eigenvalue weighted by molar-refractivity contribution is 0.742. The van der Waals surface area contributed by atoms with Gasteiger partial charge in [-0.25, -0.2) is 0 Å². The maximum Gasteiger partial charge on any atom is 0.266 e. The molecule has 72 valence electrons. The Morgan fingerprint density at radius 2 is 2.07 bits per heavy atom. The van der Waals surface area contributed by atoms with Crippen molar-refractivity contribution in [3.8, 4) is 11.3 Å². The van der Waals surface area contributed by atoms with Gasteiger partial charge in [-0.3, -0.25) is 14.6 Å². The van der Waals surface area contributed by atoms with Crippen molar-refractivity contribution < 1.29 is 0 Å². The third-order valence-electron chi connectivity index (χ3n) is 2.05. The van der Waals surface area contributed by atoms with Crippen LogP contribution in [0.2, 0.25) is 0 Å². The molecule has 0 atom stereocenters. The van der Waals surface area contributed by atoms with Gasteiger partial charge in [-0.2, -0.15) is 0 Å². The number of nitrogens with zero attached hydrogens (tertiary/aromatic N) is 1. The van der Waals surface area contributed by atoms with Crippen molar-refractivity contribution in [3.63, 3.8) is 0 Å². The van der Waals surface area contributed by atoms with Crippen molar-refractivity contribution in [3.05, 3.63) is 44.3 Å². The number of aryl methyl sites for hydroxylation is 1. The minimum atomic E-state index is -0.0142. The van der Waals surface area contributed by atoms with Crippen molar-refractivity contribution in [2.75, 3.05) is 0 Å². The summed E-state index contributed by atoms with van der Waals surface area (Å²) in [5.74, 6) is 0. The molecule has 0 saturated heterocycles. The van der Waals surface area contributed by atoms with E-state index in [4.69, 9.17) is 0 Å². The Bertz CT molecular complexity index is 513. The smallest absolute Gasteiger partial charge is 0.266 e. The van der Waals surface area contributed by atoms with E-state index >= 15 is 0 Å². The number of nitrogens with one attached hydrogen (secondary N) is 1. The molecule has 1 N–H and O–H groups in total. The molecule has 0 bridgehead atoms. The summed E-state index contributed by atoms with van der Waals surface area (Å²) in [6.07, 6.45) is 0. The van der Waals surface area contributed by atoms with E-state index in [0.29, 0.717) is 0 Å². The fourth-order valence-corrected chi connectivity index (χ4v) is 1.98. The minimum Gasteiger partial charge on any atom is -0.295 e. The fraction of sp³-hybridized carbons (Fsp3) is 0.100. The third-order valence-corrected chi connectivity index (χ3v) is 2.99. The summed E-state index contributed by atoms with van der Waals surface area (Å²) in [4.78, 5) is 11.3. The van der Waals surface area contributed by atoms with Crippen LogP contribution in [-0.4, -0.2) is 9.78 Å². The molecule has 0 aliphatic rings. The van der Waals surface area contributed by atoms with Crippen molar-refractivity contribution in [2.45, 2.75) is 0 Å². The topological polar surface area (TPSA) is 37.8 Å². The highest BCUT2D eigenvalue weighted by Gasteiger charge is 2.05. The molecule has 3 nitrogen and oxygen atoms in total. The van der Waals surface area contributed by atoms with Gasteiger partial charge in [0, 0.05) is 22.2 Å². The highest BCUT2D eigenvalue weighted by atomic mass is 127. The first-order valence-corrected chi connectivity index (χ1v) is 5.27. The molecule has 0 aliphatic carbocycles. The van der Waals surface area contributed by atoms with Gasteiger partial charge in [-0.15, -0.1) is 0 Å². The molecule has 0 saturated carbocycles. The second kappa shape index (κ2) is 3.61. The summed E-state index contributed by atoms with van der Waals surface area (Å²) >= 11 is 2.25. The van der Waals surface area contributed by atoms with E-state index in [-0.39, 0.29) is 5.56 Å². The number of hydrogen-bond acceptors (Lipinski definition) is 1. The van der Waals surface area contributed by atoms with E-state index in [9.17, 15) is 4.79 Å². The van der Waals surface area contributed by atoms with Gasteiger partial charge in [-0.1, -0.05) is 18.2 Å². The highest BCUT2D eigenvalue weighted by Crippen LogP contribution is 2.21. The van der Waals surface area contributed by atoms with E-state index in [1.807, 2.05) is 24.3 Å². The first-order chi connectivity index (χ1) is 6.68. The number of benzene rings is 1. The molecule has 14 heavy (non-hydrogen) atoms. The average Bonchev–Trinajstić information content (AvgIpc) is 2.48. The SMILES string of the molecule is Cn1[nH]c(-c2ccccc2I)cc1=O. The van der Waals surface area contributed by atoms with Gasteiger partial charge < -0.3 is 0 Å². The van der Waals surface area contributed by atoms with Crippen molar-refractivity contribution >= 4 is 22.6 Å². The van der Waals surface area contributed by atoms with Crippen molar-refractivity contribution in [2.24, 2.45) is 7.05 Å². The zero-order valence-electron chi connectivity index (χ0n) is 7.62. The van der Waals surface area contributed by atoms with Crippen LogP contribution in [0, 0.1) is 3.57 Å². The molecule has 4 heteroatoms. The fourth-order valence-electron chi connectivity index (χ4n) is 1.31. The first-order valence-electron chi connectivity index (χ1n) is 4.19. The maximum atomic E-state index is 11.3. The summed E-state index contributed by atoms with van der Waals surface area (Å²) in [5, 5.41) is 3.00. The van der Waals surface area contributed by atoms with Crippen LogP contribution in [0.25, 0.3) is 11.3 Å². The van der Waals surface area contributed by atoms with Crippen LogP contribution in [-0.2, 0) is 7.05 Å². The molecule has 0 aliphatic heterocycles. The van der Waals surface area contributed by atoms with Crippen LogP contribution in [0.3, 0.4) is 0 Å². The van der Waals surface area contributed by atoms with Gasteiger partial charge in [0.2, 0.25) is 0 Å². The summed E-state index contributed by atoms with van der Waals surface area (Å²) in [7, 11) is 1.71. The van der Waals surface area contributed by atoms with Gasteiger partial charge in [-0.05, 0) is 28.7 Å². The minimum absolute atomic E-state index is 0.0142. The van der Waals surface area contributed by atoms with E-state index in [1.54, 1.807) is 13.1 Å². The Hall–Kier alpha value is -1.04. The van der Waals surface area contributed by atoms with E-state index < -0.39 is 0 Å². The van der Waals surface area contributed by atoms with Crippen molar-refractivity contribution in [1.29, 1.82) is 0 Å². The Morgan fingerprint density at radius 1 is 1.36 bits per heavy atom. The lowest BCUT2D eigenvalue weighted by Crippen LogP contribution is -2.09. The molecule has 1 aromatic heterocycles. The molecule has 2 rings (SSSR count). The Labute approximate surface area is 94.9 Å². The lowest BCUT2D eigenvalue weighted by Gasteiger charge is -2.00. The maximum absolute atomic E-state index is 11.3. The molecule has 0 radical (unpaired) electrons. The van der Waals surface area contributed by atoms with Gasteiger partial charge in [0.05, 0.1) is 5.69 Å². The molecule has 0 fully saturated rings. The average molecular weight is 300 g/mol. The Kier molecular flexibility index (Phi) is 2.45. The molecule has 0 unspecified atom stereocenters. The first kappa shape index (κ1) is 9.51. The Balaban J connectivity index is 2.60. The summed E-state index contributed by atoms with van der Waals surface area (Å²) < 4.78 is 2.60. The van der Waals surface area contributed by atoms with E-state index in [0.717, 1.165) is 14.8 Å². The molecule has 0 spiro atoms. The predicted molar refractivity (Wildman–Crippen MR) is 64.2 cm³/mol. The number of hydrogen-bond donors (Lipinski definition) is 1. The quantitative estimate of drug-likeness (QED) is 0.804. The van der Waals surface area contributed by atoms with Gasteiger partial charge >= 0.3 is 0 Å². The Morgan fingerprint density at radius 3 is 2.64 bits per heavy atom. The second-order valence-corrected chi connectivity index (χ2v) is 4.21. The summed E-state index contributed by atoms with van der Waals surface area (Å²) in [5.41, 5.74) is 1.91. The van der Waals surface area contributed by atoms with E-state index in [2.05, 4.69) is 27.7 Å². The molecule has 1 aromatic carbocycles. The summed E-state index contributed by atoms with van der Waals surface area (Å²) in [6, 6.07) is 9.56. The zero-order valence-corrected chi connectivity index (χ0v) is 9.78. The zero-order chi connectivity index (χ0) is 10.1. The van der Waals surface area contributed by atoms with Gasteiger partial charge in [0.1, 0.15) is 0 Å². The number of aromatic amines is 1. The highest BCUT2D eigenvalue weighted by molar-refractivity contribution is 14.1. The van der Waals surface area contributed by atoms with Gasteiger partial charge in [0.25, 0.3) is 5.56 Å². The monoisotopic (exact) mass is 300 g/mol. The van der Waals surface area contributed by atoms with Crippen LogP contribution in [0.4, 0.5) is 0 Å². The molecule has 2 aromatic rings. The van der Waals surface area contributed by atoms with Crippen LogP contribution in [0.1, 0.15) is 0 Å². The van der Waals surface area contributed by atoms with Crippen LogP contribution < -0.4 is 5.56 Å². The predicted octanol–water partition coefficient (Wildman–Crippen LogP) is 1.98. The number of halogens is 1. The van der Waals surface area contributed by atoms with E-state index in [1.165, 1.54) is 4.68 Å². The molecular formula is C10H9IN2O. The van der Waals surface area contributed by atoms with Crippen LogP contribution in [0.15, 0.2) is 35.1 Å². The molecule has 0 amide bonds. The largest absolute Gasteiger partial charge is 0.295 e. The third kappa shape index (κ3) is 1.61. The molecular weight excluding hydrogens is 291 g/mol. The van der Waals surface area contributed by atoms with Crippen LogP contribution >= 0.6 is 22.6 Å². The normalized spacial score (nSPS) is 10.4. The van der Waals surface area contributed by atoms with Crippen LogP contribution in [0.5, 0.6) is 0 Å². The van der Waals surface area contributed by atoms with Gasteiger partial charge in [0.15, 0.2) is 0 Å². The lowest BCUT2D eigenvalue weighted by atomic mass is 10.2. The number of aromatic nitrogens is 2. The number of H-pyrrole nitrogens is 1. The standard InChI is InChI=1S/C10H9IN2O/c1-13-10(14)6-9(12-13)7-4-2-3-5-8(7)11/h2-6,12H,1H3.